The summed E-state index contributed by atoms with van der Waals surface area (Å²) >= 11 is 0. The first-order valence-electron chi connectivity index (χ1n) is 8.73. The van der Waals surface area contributed by atoms with Gasteiger partial charge in [0.2, 0.25) is 0 Å². The van der Waals surface area contributed by atoms with Crippen molar-refractivity contribution < 1.29 is 4.74 Å². The van der Waals surface area contributed by atoms with Gasteiger partial charge in [0.25, 0.3) is 0 Å². The molecule has 1 fully saturated rings. The van der Waals surface area contributed by atoms with Gasteiger partial charge in [-0.2, -0.15) is 0 Å². The van der Waals surface area contributed by atoms with Crippen LogP contribution in [0.2, 0.25) is 0 Å². The normalized spacial score (nSPS) is 22.2. The van der Waals surface area contributed by atoms with Crippen LogP contribution in [0.1, 0.15) is 57.9 Å². The van der Waals surface area contributed by atoms with Gasteiger partial charge in [-0.15, -0.1) is 0 Å². The molecule has 0 spiro atoms. The molecule has 118 valence electrons. The van der Waals surface area contributed by atoms with Gasteiger partial charge >= 0.3 is 0 Å². The van der Waals surface area contributed by atoms with Crippen LogP contribution < -0.4 is 10.1 Å². The Morgan fingerprint density at radius 1 is 1.19 bits per heavy atom. The van der Waals surface area contributed by atoms with E-state index in [1.165, 1.54) is 50.5 Å². The molecule has 0 amide bonds. The highest BCUT2D eigenvalue weighted by molar-refractivity contribution is 5.27. The fourth-order valence-electron chi connectivity index (χ4n) is 3.18. The molecule has 1 aromatic rings. The van der Waals surface area contributed by atoms with Gasteiger partial charge in [0.1, 0.15) is 12.4 Å². The molecule has 0 radical (unpaired) electrons. The zero-order valence-electron chi connectivity index (χ0n) is 13.7. The summed E-state index contributed by atoms with van der Waals surface area (Å²) in [6.45, 7) is 6.32. The van der Waals surface area contributed by atoms with E-state index in [-0.39, 0.29) is 0 Å². The Kier molecular flexibility index (Phi) is 7.08. The molecule has 2 nitrogen and oxygen atoms in total. The van der Waals surface area contributed by atoms with Crippen molar-refractivity contribution in [3.05, 3.63) is 29.8 Å². The molecule has 2 atom stereocenters. The Balaban J connectivity index is 1.62. The average molecular weight is 289 g/mol. The maximum Gasteiger partial charge on any atom is 0.119 e. The first kappa shape index (κ1) is 16.4. The minimum absolute atomic E-state index is 0.703. The second-order valence-electron chi connectivity index (χ2n) is 6.52. The quantitative estimate of drug-likeness (QED) is 0.707. The number of ether oxygens (including phenoxy) is 1. The molecule has 0 heterocycles. The third-order valence-corrected chi connectivity index (χ3v) is 4.48. The van der Waals surface area contributed by atoms with Crippen LogP contribution in [0.3, 0.4) is 0 Å². The van der Waals surface area contributed by atoms with E-state index in [2.05, 4.69) is 43.4 Å². The van der Waals surface area contributed by atoms with Gasteiger partial charge < -0.3 is 10.1 Å². The molecule has 1 N–H and O–H groups in total. The summed E-state index contributed by atoms with van der Waals surface area (Å²) in [5, 5.41) is 3.64. The molecule has 0 aliphatic heterocycles. The van der Waals surface area contributed by atoms with Gasteiger partial charge in [0.15, 0.2) is 0 Å². The Morgan fingerprint density at radius 2 is 2.00 bits per heavy atom. The predicted octanol–water partition coefficient (Wildman–Crippen LogP) is 4.58. The SMILES string of the molecule is CCCCc1ccc(OCCNC2CCCC(C)C2)cc1. The zero-order valence-corrected chi connectivity index (χ0v) is 13.7. The van der Waals surface area contributed by atoms with E-state index in [9.17, 15) is 0 Å². The second-order valence-corrected chi connectivity index (χ2v) is 6.52. The molecule has 1 aliphatic carbocycles. The lowest BCUT2D eigenvalue weighted by molar-refractivity contribution is 0.266. The van der Waals surface area contributed by atoms with Crippen LogP contribution >= 0.6 is 0 Å². The van der Waals surface area contributed by atoms with E-state index in [4.69, 9.17) is 4.74 Å². The van der Waals surface area contributed by atoms with Crippen molar-refractivity contribution in [2.45, 2.75) is 64.8 Å². The maximum atomic E-state index is 5.82. The zero-order chi connectivity index (χ0) is 14.9. The van der Waals surface area contributed by atoms with Crippen molar-refractivity contribution in [3.8, 4) is 5.75 Å². The van der Waals surface area contributed by atoms with E-state index in [1.807, 2.05) is 0 Å². The van der Waals surface area contributed by atoms with Gasteiger partial charge in [-0.1, -0.05) is 45.2 Å². The van der Waals surface area contributed by atoms with Crippen LogP contribution in [0.5, 0.6) is 5.75 Å². The standard InChI is InChI=1S/C19H31NO/c1-3-4-7-17-9-11-19(12-10-17)21-14-13-20-18-8-5-6-16(2)15-18/h9-12,16,18,20H,3-8,13-15H2,1-2H3. The molecule has 2 heteroatoms. The Hall–Kier alpha value is -1.02. The molecule has 0 bridgehead atoms. The summed E-state index contributed by atoms with van der Waals surface area (Å²) in [5.74, 6) is 1.88. The molecule has 2 unspecified atom stereocenters. The van der Waals surface area contributed by atoms with Crippen molar-refractivity contribution in [3.63, 3.8) is 0 Å². The van der Waals surface area contributed by atoms with Gasteiger partial charge in [-0.3, -0.25) is 0 Å². The maximum absolute atomic E-state index is 5.82. The van der Waals surface area contributed by atoms with Gasteiger partial charge in [0, 0.05) is 12.6 Å². The topological polar surface area (TPSA) is 21.3 Å². The largest absolute Gasteiger partial charge is 0.492 e. The molecule has 0 saturated heterocycles. The third-order valence-electron chi connectivity index (χ3n) is 4.48. The van der Waals surface area contributed by atoms with Crippen molar-refractivity contribution in [2.24, 2.45) is 5.92 Å². The Labute approximate surface area is 130 Å². The molecular formula is C19H31NO. The van der Waals surface area contributed by atoms with E-state index in [0.29, 0.717) is 6.04 Å². The van der Waals surface area contributed by atoms with Crippen LogP contribution in [0.25, 0.3) is 0 Å². The highest BCUT2D eigenvalue weighted by Crippen LogP contribution is 2.23. The lowest BCUT2D eigenvalue weighted by Crippen LogP contribution is -2.36. The smallest absolute Gasteiger partial charge is 0.119 e. The summed E-state index contributed by atoms with van der Waals surface area (Å²) < 4.78 is 5.82. The number of unbranched alkanes of at least 4 members (excludes halogenated alkanes) is 1. The lowest BCUT2D eigenvalue weighted by Gasteiger charge is -2.27. The minimum Gasteiger partial charge on any atom is -0.492 e. The number of hydrogen-bond donors (Lipinski definition) is 1. The molecule has 0 aromatic heterocycles. The van der Waals surface area contributed by atoms with Gasteiger partial charge in [-0.25, -0.2) is 0 Å². The predicted molar refractivity (Wildman–Crippen MR) is 90.0 cm³/mol. The fraction of sp³-hybridized carbons (Fsp3) is 0.684. The number of aryl methyl sites for hydroxylation is 1. The van der Waals surface area contributed by atoms with Crippen molar-refractivity contribution in [1.82, 2.24) is 5.32 Å². The van der Waals surface area contributed by atoms with Crippen molar-refractivity contribution in [2.75, 3.05) is 13.2 Å². The van der Waals surface area contributed by atoms with Crippen LogP contribution in [-0.2, 0) is 6.42 Å². The number of rotatable bonds is 8. The minimum atomic E-state index is 0.703. The van der Waals surface area contributed by atoms with E-state index >= 15 is 0 Å². The van der Waals surface area contributed by atoms with E-state index < -0.39 is 0 Å². The average Bonchev–Trinajstić information content (AvgIpc) is 2.51. The fourth-order valence-corrected chi connectivity index (χ4v) is 3.18. The summed E-state index contributed by atoms with van der Waals surface area (Å²) in [6.07, 6.45) is 9.13. The molecule has 1 aliphatic rings. The van der Waals surface area contributed by atoms with Gasteiger partial charge in [-0.05, 0) is 49.3 Å². The number of benzene rings is 1. The molecule has 1 aromatic carbocycles. The van der Waals surface area contributed by atoms with Crippen LogP contribution in [0.4, 0.5) is 0 Å². The third kappa shape index (κ3) is 6.09. The van der Waals surface area contributed by atoms with E-state index in [0.717, 1.165) is 24.8 Å². The molecular weight excluding hydrogens is 258 g/mol. The highest BCUT2D eigenvalue weighted by atomic mass is 16.5. The Morgan fingerprint density at radius 3 is 2.71 bits per heavy atom. The molecule has 2 rings (SSSR count). The van der Waals surface area contributed by atoms with Crippen LogP contribution in [0, 0.1) is 5.92 Å². The van der Waals surface area contributed by atoms with E-state index in [1.54, 1.807) is 0 Å². The second kappa shape index (κ2) is 9.09. The van der Waals surface area contributed by atoms with Crippen molar-refractivity contribution in [1.29, 1.82) is 0 Å². The van der Waals surface area contributed by atoms with Crippen LogP contribution in [-0.4, -0.2) is 19.2 Å². The number of hydrogen-bond acceptors (Lipinski definition) is 2. The Bertz CT molecular complexity index is 387. The summed E-state index contributed by atoms with van der Waals surface area (Å²) in [6, 6.07) is 9.30. The highest BCUT2D eigenvalue weighted by Gasteiger charge is 2.17. The first-order valence-corrected chi connectivity index (χ1v) is 8.73. The summed E-state index contributed by atoms with van der Waals surface area (Å²) in [4.78, 5) is 0. The summed E-state index contributed by atoms with van der Waals surface area (Å²) in [5.41, 5.74) is 1.42. The molecule has 1 saturated carbocycles. The first-order chi connectivity index (χ1) is 10.3. The summed E-state index contributed by atoms with van der Waals surface area (Å²) in [7, 11) is 0. The van der Waals surface area contributed by atoms with Gasteiger partial charge in [0.05, 0.1) is 0 Å². The lowest BCUT2D eigenvalue weighted by atomic mass is 9.87. The number of nitrogens with one attached hydrogen (secondary N) is 1. The monoisotopic (exact) mass is 289 g/mol. The van der Waals surface area contributed by atoms with Crippen LogP contribution in [0.15, 0.2) is 24.3 Å². The van der Waals surface area contributed by atoms with Crippen molar-refractivity contribution >= 4 is 0 Å². The molecule has 21 heavy (non-hydrogen) atoms.